The van der Waals surface area contributed by atoms with Crippen LogP contribution in [0.3, 0.4) is 0 Å². The van der Waals surface area contributed by atoms with E-state index in [4.69, 9.17) is 9.84 Å². The Morgan fingerprint density at radius 2 is 1.66 bits per heavy atom. The lowest BCUT2D eigenvalue weighted by molar-refractivity contribution is 0.0697. The number of ether oxygens (including phenoxy) is 1. The van der Waals surface area contributed by atoms with E-state index in [9.17, 15) is 13.2 Å². The third kappa shape index (κ3) is 5.48. The van der Waals surface area contributed by atoms with Gasteiger partial charge in [0.15, 0.2) is 0 Å². The Labute approximate surface area is 188 Å². The predicted molar refractivity (Wildman–Crippen MR) is 125 cm³/mol. The second-order valence-corrected chi connectivity index (χ2v) is 9.42. The zero-order valence-corrected chi connectivity index (χ0v) is 19.1. The van der Waals surface area contributed by atoms with E-state index in [1.807, 2.05) is 45.0 Å². The van der Waals surface area contributed by atoms with Crippen LogP contribution < -0.4 is 9.46 Å². The second kappa shape index (κ2) is 9.87. The van der Waals surface area contributed by atoms with E-state index < -0.39 is 16.0 Å². The maximum absolute atomic E-state index is 13.2. The predicted octanol–water partition coefficient (Wildman–Crippen LogP) is 5.45. The van der Waals surface area contributed by atoms with Crippen molar-refractivity contribution in [3.05, 3.63) is 89.0 Å². The molecule has 32 heavy (non-hydrogen) atoms. The molecule has 0 radical (unpaired) electrons. The first kappa shape index (κ1) is 23.3. The molecule has 2 N–H and O–H groups in total. The Kier molecular flexibility index (Phi) is 7.20. The Morgan fingerprint density at radius 1 is 1.00 bits per heavy atom. The van der Waals surface area contributed by atoms with Gasteiger partial charge in [-0.3, -0.25) is 4.72 Å². The molecule has 0 aliphatic rings. The van der Waals surface area contributed by atoms with Crippen LogP contribution in [-0.4, -0.2) is 19.5 Å². The third-order valence-corrected chi connectivity index (χ3v) is 6.56. The van der Waals surface area contributed by atoms with Crippen LogP contribution in [0, 0.1) is 0 Å². The normalized spacial score (nSPS) is 11.4. The van der Waals surface area contributed by atoms with Gasteiger partial charge in [-0.05, 0) is 59.4 Å². The van der Waals surface area contributed by atoms with Crippen molar-refractivity contribution in [2.75, 3.05) is 4.72 Å². The molecule has 0 unspecified atom stereocenters. The molecule has 0 spiro atoms. The highest BCUT2D eigenvalue weighted by molar-refractivity contribution is 7.92. The van der Waals surface area contributed by atoms with Crippen LogP contribution in [0.25, 0.3) is 0 Å². The van der Waals surface area contributed by atoms with E-state index in [0.717, 1.165) is 23.1 Å². The van der Waals surface area contributed by atoms with Gasteiger partial charge in [0.2, 0.25) is 0 Å². The van der Waals surface area contributed by atoms with Gasteiger partial charge >= 0.3 is 5.97 Å². The Bertz CT molecular complexity index is 1200. The molecule has 0 aliphatic carbocycles. The number of sulfonamides is 1. The number of carboxylic acid groups (broad SMARTS) is 1. The van der Waals surface area contributed by atoms with Gasteiger partial charge < -0.3 is 9.84 Å². The summed E-state index contributed by atoms with van der Waals surface area (Å²) in [4.78, 5) is 11.3. The molecule has 3 aromatic carbocycles. The minimum atomic E-state index is -3.82. The van der Waals surface area contributed by atoms with Gasteiger partial charge in [0, 0.05) is 0 Å². The van der Waals surface area contributed by atoms with Crippen molar-refractivity contribution in [2.45, 2.75) is 44.6 Å². The number of rotatable bonds is 9. The maximum atomic E-state index is 13.2. The zero-order valence-electron chi connectivity index (χ0n) is 18.3. The summed E-state index contributed by atoms with van der Waals surface area (Å²) in [5, 5.41) is 9.04. The summed E-state index contributed by atoms with van der Waals surface area (Å²) in [6.45, 7) is 6.08. The van der Waals surface area contributed by atoms with Gasteiger partial charge in [-0.1, -0.05) is 57.2 Å². The molecule has 0 saturated heterocycles. The first-order valence-electron chi connectivity index (χ1n) is 10.4. The topological polar surface area (TPSA) is 92.7 Å². The van der Waals surface area contributed by atoms with Crippen molar-refractivity contribution in [1.82, 2.24) is 0 Å². The van der Waals surface area contributed by atoms with Gasteiger partial charge in [-0.2, -0.15) is 0 Å². The average Bonchev–Trinajstić information content (AvgIpc) is 2.78. The highest BCUT2D eigenvalue weighted by Crippen LogP contribution is 2.31. The molecule has 0 atom stereocenters. The number of aryl methyl sites for hydroxylation is 1. The molecule has 6 nitrogen and oxygen atoms in total. The average molecular weight is 454 g/mol. The largest absolute Gasteiger partial charge is 0.487 e. The number of aromatic carboxylic acids is 1. The molecule has 3 aromatic rings. The van der Waals surface area contributed by atoms with Gasteiger partial charge in [-0.25, -0.2) is 13.2 Å². The van der Waals surface area contributed by atoms with Crippen molar-refractivity contribution in [3.63, 3.8) is 0 Å². The molecular formula is C25H27NO5S. The summed E-state index contributed by atoms with van der Waals surface area (Å²) in [6.07, 6.45) is 0.771. The smallest absolute Gasteiger partial charge is 0.335 e. The van der Waals surface area contributed by atoms with Crippen molar-refractivity contribution < 1.29 is 23.1 Å². The van der Waals surface area contributed by atoms with E-state index in [-0.39, 0.29) is 23.0 Å². The van der Waals surface area contributed by atoms with Crippen molar-refractivity contribution >= 4 is 21.7 Å². The van der Waals surface area contributed by atoms with Crippen LogP contribution in [0.15, 0.2) is 71.6 Å². The maximum Gasteiger partial charge on any atom is 0.335 e. The van der Waals surface area contributed by atoms with E-state index in [2.05, 4.69) is 4.72 Å². The SMILES string of the molecule is CCc1ccc(NS(=O)(=O)c2ccccc2C(C)C)c(OCc2ccc(C(=O)O)cc2)c1. The number of benzene rings is 3. The molecule has 3 rings (SSSR count). The number of anilines is 1. The Balaban J connectivity index is 1.88. The molecule has 0 saturated carbocycles. The summed E-state index contributed by atoms with van der Waals surface area (Å²) in [5.41, 5.74) is 3.07. The fourth-order valence-corrected chi connectivity index (χ4v) is 4.74. The van der Waals surface area contributed by atoms with Crippen LogP contribution >= 0.6 is 0 Å². The number of carbonyl (C=O) groups is 1. The molecule has 0 amide bonds. The standard InChI is InChI=1S/C25H27NO5S/c1-4-18-11-14-22(26-32(29,30)24-8-6-5-7-21(24)17(2)3)23(15-18)31-16-19-9-12-20(13-10-19)25(27)28/h5-15,17,26H,4,16H2,1-3H3,(H,27,28). The molecule has 0 aliphatic heterocycles. The van der Waals surface area contributed by atoms with E-state index >= 15 is 0 Å². The molecule has 0 fully saturated rings. The summed E-state index contributed by atoms with van der Waals surface area (Å²) >= 11 is 0. The second-order valence-electron chi connectivity index (χ2n) is 7.77. The summed E-state index contributed by atoms with van der Waals surface area (Å²) in [6, 6.07) is 18.7. The van der Waals surface area contributed by atoms with Crippen LogP contribution in [0.1, 0.15) is 53.7 Å². The first-order chi connectivity index (χ1) is 15.2. The van der Waals surface area contributed by atoms with Crippen molar-refractivity contribution in [1.29, 1.82) is 0 Å². The summed E-state index contributed by atoms with van der Waals surface area (Å²) < 4.78 is 35.0. The minimum Gasteiger partial charge on any atom is -0.487 e. The highest BCUT2D eigenvalue weighted by atomic mass is 32.2. The zero-order chi connectivity index (χ0) is 23.3. The molecule has 7 heteroatoms. The number of nitrogens with one attached hydrogen (secondary N) is 1. The van der Waals surface area contributed by atoms with Gasteiger partial charge in [0.05, 0.1) is 16.1 Å². The Morgan fingerprint density at radius 3 is 2.28 bits per heavy atom. The van der Waals surface area contributed by atoms with E-state index in [1.54, 1.807) is 30.3 Å². The monoisotopic (exact) mass is 453 g/mol. The molecule has 0 heterocycles. The van der Waals surface area contributed by atoms with Crippen LogP contribution in [0.4, 0.5) is 5.69 Å². The van der Waals surface area contributed by atoms with Gasteiger partial charge in [0.1, 0.15) is 12.4 Å². The van der Waals surface area contributed by atoms with Gasteiger partial charge in [-0.15, -0.1) is 0 Å². The van der Waals surface area contributed by atoms with Crippen LogP contribution in [0.5, 0.6) is 5.75 Å². The first-order valence-corrected chi connectivity index (χ1v) is 11.9. The fourth-order valence-electron chi connectivity index (χ4n) is 3.30. The van der Waals surface area contributed by atoms with Gasteiger partial charge in [0.25, 0.3) is 10.0 Å². The van der Waals surface area contributed by atoms with E-state index in [0.29, 0.717) is 11.4 Å². The minimum absolute atomic E-state index is 0.0507. The summed E-state index contributed by atoms with van der Waals surface area (Å²) in [7, 11) is -3.82. The highest BCUT2D eigenvalue weighted by Gasteiger charge is 2.21. The lowest BCUT2D eigenvalue weighted by Crippen LogP contribution is -2.16. The molecule has 168 valence electrons. The number of carboxylic acids is 1. The lowest BCUT2D eigenvalue weighted by atomic mass is 10.0. The number of hydrogen-bond donors (Lipinski definition) is 2. The van der Waals surface area contributed by atoms with E-state index in [1.165, 1.54) is 12.1 Å². The quantitative estimate of drug-likeness (QED) is 0.449. The van der Waals surface area contributed by atoms with Crippen molar-refractivity contribution in [3.8, 4) is 5.75 Å². The fraction of sp³-hybridized carbons (Fsp3) is 0.240. The third-order valence-electron chi connectivity index (χ3n) is 5.12. The molecule has 0 bridgehead atoms. The van der Waals surface area contributed by atoms with Crippen LogP contribution in [-0.2, 0) is 23.1 Å². The Hall–Kier alpha value is -3.32. The summed E-state index contributed by atoms with van der Waals surface area (Å²) in [5.74, 6) is -0.529. The molecule has 0 aromatic heterocycles. The van der Waals surface area contributed by atoms with Crippen LogP contribution in [0.2, 0.25) is 0 Å². The molecular weight excluding hydrogens is 426 g/mol. The lowest BCUT2D eigenvalue weighted by Gasteiger charge is -2.17. The van der Waals surface area contributed by atoms with Crippen molar-refractivity contribution in [2.24, 2.45) is 0 Å². The number of hydrogen-bond acceptors (Lipinski definition) is 4.